The van der Waals surface area contributed by atoms with Crippen LogP contribution in [-0.2, 0) is 22.6 Å². The minimum Gasteiger partial charge on any atom is -0.486 e. The van der Waals surface area contributed by atoms with E-state index in [0.29, 0.717) is 36.8 Å². The fourth-order valence-electron chi connectivity index (χ4n) is 3.82. The molecule has 0 aliphatic carbocycles. The maximum Gasteiger partial charge on any atom is 0.243 e. The van der Waals surface area contributed by atoms with Gasteiger partial charge in [-0.05, 0) is 62.9 Å². The van der Waals surface area contributed by atoms with Crippen LogP contribution in [0.4, 0.5) is 0 Å². The summed E-state index contributed by atoms with van der Waals surface area (Å²) in [5.41, 5.74) is 1.40. The van der Waals surface area contributed by atoms with Crippen LogP contribution in [0, 0.1) is 0 Å². The van der Waals surface area contributed by atoms with E-state index in [1.807, 2.05) is 64.1 Å². The van der Waals surface area contributed by atoms with Crippen LogP contribution in [0.25, 0.3) is 0 Å². The molecule has 3 rings (SSSR count). The average Bonchev–Trinajstić information content (AvgIpc) is 2.77. The van der Waals surface area contributed by atoms with Gasteiger partial charge in [0.2, 0.25) is 11.8 Å². The number of hydrogen-bond acceptors (Lipinski definition) is 4. The lowest BCUT2D eigenvalue weighted by Gasteiger charge is -2.33. The molecule has 0 aromatic heterocycles. The number of amides is 2. The first-order valence-corrected chi connectivity index (χ1v) is 11.8. The van der Waals surface area contributed by atoms with Gasteiger partial charge in [0.05, 0.1) is 0 Å². The molecule has 7 heteroatoms. The molecule has 2 aromatic rings. The van der Waals surface area contributed by atoms with Crippen molar-refractivity contribution in [2.75, 3.05) is 13.2 Å². The zero-order valence-electron chi connectivity index (χ0n) is 19.8. The molecule has 1 aliphatic heterocycles. The van der Waals surface area contributed by atoms with E-state index in [1.165, 1.54) is 0 Å². The Labute approximate surface area is 201 Å². The number of nitrogens with one attached hydrogen (secondary N) is 1. The molecule has 1 N–H and O–H groups in total. The van der Waals surface area contributed by atoms with Crippen molar-refractivity contribution in [2.45, 2.75) is 65.1 Å². The van der Waals surface area contributed by atoms with Crippen molar-refractivity contribution in [3.63, 3.8) is 0 Å². The SMILES string of the molecule is CCC(C(=O)NC(C)(C)C)N(Cc1ccccc1Cl)C(=O)CCc1ccc2c(c1)OCCO2. The van der Waals surface area contributed by atoms with E-state index in [2.05, 4.69) is 5.32 Å². The van der Waals surface area contributed by atoms with Crippen molar-refractivity contribution in [1.29, 1.82) is 0 Å². The highest BCUT2D eigenvalue weighted by Gasteiger charge is 2.30. The Hall–Kier alpha value is -2.73. The van der Waals surface area contributed by atoms with E-state index in [4.69, 9.17) is 21.1 Å². The van der Waals surface area contributed by atoms with Gasteiger partial charge >= 0.3 is 0 Å². The fourth-order valence-corrected chi connectivity index (χ4v) is 4.02. The van der Waals surface area contributed by atoms with Crippen molar-refractivity contribution < 1.29 is 19.1 Å². The van der Waals surface area contributed by atoms with Crippen LogP contribution >= 0.6 is 11.6 Å². The second-order valence-corrected chi connectivity index (χ2v) is 9.66. The third-order valence-electron chi connectivity index (χ3n) is 5.42. The van der Waals surface area contributed by atoms with E-state index in [-0.39, 0.29) is 24.8 Å². The van der Waals surface area contributed by atoms with Crippen molar-refractivity contribution in [2.24, 2.45) is 0 Å². The molecule has 0 saturated carbocycles. The van der Waals surface area contributed by atoms with Crippen molar-refractivity contribution in [3.05, 3.63) is 58.6 Å². The number of hydrogen-bond donors (Lipinski definition) is 1. The van der Waals surface area contributed by atoms with Crippen molar-refractivity contribution in [1.82, 2.24) is 10.2 Å². The Morgan fingerprint density at radius 3 is 2.45 bits per heavy atom. The maximum absolute atomic E-state index is 13.4. The number of carbonyl (C=O) groups is 2. The number of aryl methyl sites for hydroxylation is 1. The Balaban J connectivity index is 1.79. The monoisotopic (exact) mass is 472 g/mol. The molecule has 2 aromatic carbocycles. The highest BCUT2D eigenvalue weighted by molar-refractivity contribution is 6.31. The summed E-state index contributed by atoms with van der Waals surface area (Å²) in [6.07, 6.45) is 1.30. The minimum absolute atomic E-state index is 0.0966. The maximum atomic E-state index is 13.4. The summed E-state index contributed by atoms with van der Waals surface area (Å²) >= 11 is 6.38. The van der Waals surface area contributed by atoms with Gasteiger partial charge in [-0.2, -0.15) is 0 Å². The number of rotatable bonds is 8. The molecule has 178 valence electrons. The Morgan fingerprint density at radius 1 is 1.09 bits per heavy atom. The fraction of sp³-hybridized carbons (Fsp3) is 0.462. The number of carbonyl (C=O) groups excluding carboxylic acids is 2. The lowest BCUT2D eigenvalue weighted by molar-refractivity contribution is -0.142. The normalized spacial score (nSPS) is 13.8. The Bertz CT molecular complexity index is 986. The second-order valence-electron chi connectivity index (χ2n) is 9.25. The number of halogens is 1. The molecule has 1 heterocycles. The molecule has 0 saturated heterocycles. The number of nitrogens with zero attached hydrogens (tertiary/aromatic N) is 1. The summed E-state index contributed by atoms with van der Waals surface area (Å²) in [5.74, 6) is 1.17. The van der Waals surface area contributed by atoms with E-state index in [0.717, 1.165) is 16.9 Å². The standard InChI is InChI=1S/C26H33ClN2O4/c1-5-21(25(31)28-26(2,3)4)29(17-19-8-6-7-9-20(19)27)24(30)13-11-18-10-12-22-23(16-18)33-15-14-32-22/h6-10,12,16,21H,5,11,13-15,17H2,1-4H3,(H,28,31). The Morgan fingerprint density at radius 2 is 1.79 bits per heavy atom. The highest BCUT2D eigenvalue weighted by Crippen LogP contribution is 2.31. The summed E-state index contributed by atoms with van der Waals surface area (Å²) in [7, 11) is 0. The lowest BCUT2D eigenvalue weighted by atomic mass is 10.0. The van der Waals surface area contributed by atoms with Crippen LogP contribution in [0.2, 0.25) is 5.02 Å². The van der Waals surface area contributed by atoms with Crippen LogP contribution in [0.3, 0.4) is 0 Å². The summed E-state index contributed by atoms with van der Waals surface area (Å²) in [4.78, 5) is 28.2. The van der Waals surface area contributed by atoms with Crippen LogP contribution < -0.4 is 14.8 Å². The van der Waals surface area contributed by atoms with Crippen LogP contribution in [-0.4, -0.2) is 41.5 Å². The minimum atomic E-state index is -0.590. The quantitative estimate of drug-likeness (QED) is 0.601. The second kappa shape index (κ2) is 10.9. The van der Waals surface area contributed by atoms with Gasteiger partial charge in [0.1, 0.15) is 19.3 Å². The molecule has 0 fully saturated rings. The molecule has 0 spiro atoms. The third-order valence-corrected chi connectivity index (χ3v) is 5.79. The van der Waals surface area contributed by atoms with Gasteiger partial charge in [-0.3, -0.25) is 9.59 Å². The van der Waals surface area contributed by atoms with Crippen LogP contribution in [0.1, 0.15) is 51.7 Å². The van der Waals surface area contributed by atoms with Gasteiger partial charge in [-0.1, -0.05) is 42.8 Å². The van der Waals surface area contributed by atoms with Gasteiger partial charge in [-0.25, -0.2) is 0 Å². The van der Waals surface area contributed by atoms with Crippen LogP contribution in [0.5, 0.6) is 11.5 Å². The predicted octanol–water partition coefficient (Wildman–Crippen LogP) is 4.77. The topological polar surface area (TPSA) is 67.9 Å². The molecule has 1 aliphatic rings. The predicted molar refractivity (Wildman–Crippen MR) is 130 cm³/mol. The van der Waals surface area contributed by atoms with Crippen molar-refractivity contribution in [3.8, 4) is 11.5 Å². The van der Waals surface area contributed by atoms with Gasteiger partial charge in [0.25, 0.3) is 0 Å². The first-order chi connectivity index (χ1) is 15.7. The van der Waals surface area contributed by atoms with Crippen molar-refractivity contribution >= 4 is 23.4 Å². The summed E-state index contributed by atoms with van der Waals surface area (Å²) in [6, 6.07) is 12.6. The number of fused-ring (bicyclic) bond motifs is 1. The largest absolute Gasteiger partial charge is 0.486 e. The van der Waals surface area contributed by atoms with Gasteiger partial charge in [0, 0.05) is 23.5 Å². The van der Waals surface area contributed by atoms with E-state index < -0.39 is 11.6 Å². The zero-order chi connectivity index (χ0) is 24.0. The molecule has 33 heavy (non-hydrogen) atoms. The molecule has 1 unspecified atom stereocenters. The van der Waals surface area contributed by atoms with Gasteiger partial charge < -0.3 is 19.7 Å². The molecule has 2 amide bonds. The van der Waals surface area contributed by atoms with E-state index in [9.17, 15) is 9.59 Å². The molecular weight excluding hydrogens is 440 g/mol. The van der Waals surface area contributed by atoms with E-state index >= 15 is 0 Å². The molecule has 1 atom stereocenters. The number of benzene rings is 2. The summed E-state index contributed by atoms with van der Waals surface area (Å²) in [5, 5.41) is 3.59. The number of ether oxygens (including phenoxy) is 2. The smallest absolute Gasteiger partial charge is 0.243 e. The molecule has 0 radical (unpaired) electrons. The van der Waals surface area contributed by atoms with E-state index in [1.54, 1.807) is 11.0 Å². The summed E-state index contributed by atoms with van der Waals surface area (Å²) in [6.45, 7) is 9.04. The first kappa shape index (κ1) is 24.9. The average molecular weight is 473 g/mol. The third kappa shape index (κ3) is 6.87. The first-order valence-electron chi connectivity index (χ1n) is 11.4. The molecular formula is C26H33ClN2O4. The lowest BCUT2D eigenvalue weighted by Crippen LogP contribution is -2.53. The highest BCUT2D eigenvalue weighted by atomic mass is 35.5. The molecule has 6 nitrogen and oxygen atoms in total. The van der Waals surface area contributed by atoms with Crippen LogP contribution in [0.15, 0.2) is 42.5 Å². The van der Waals surface area contributed by atoms with Gasteiger partial charge in [0.15, 0.2) is 11.5 Å². The summed E-state index contributed by atoms with van der Waals surface area (Å²) < 4.78 is 11.2. The van der Waals surface area contributed by atoms with Gasteiger partial charge in [-0.15, -0.1) is 0 Å². The Kier molecular flexibility index (Phi) is 8.25. The molecule has 0 bridgehead atoms. The zero-order valence-corrected chi connectivity index (χ0v) is 20.6.